The summed E-state index contributed by atoms with van der Waals surface area (Å²) in [5.41, 5.74) is 0.923. The van der Waals surface area contributed by atoms with Crippen LogP contribution in [0.1, 0.15) is 24.4 Å². The molecule has 0 amide bonds. The van der Waals surface area contributed by atoms with Gasteiger partial charge in [-0.2, -0.15) is 0 Å². The van der Waals surface area contributed by atoms with Crippen LogP contribution in [-0.2, 0) is 13.6 Å². The van der Waals surface area contributed by atoms with Crippen LogP contribution in [0, 0.1) is 5.82 Å². The van der Waals surface area contributed by atoms with Crippen molar-refractivity contribution in [2.45, 2.75) is 19.5 Å². The van der Waals surface area contributed by atoms with Crippen LogP contribution < -0.4 is 5.32 Å². The van der Waals surface area contributed by atoms with Crippen molar-refractivity contribution in [1.29, 1.82) is 0 Å². The van der Waals surface area contributed by atoms with Gasteiger partial charge in [-0.25, -0.2) is 4.39 Å². The predicted octanol–water partition coefficient (Wildman–Crippen LogP) is 1.80. The van der Waals surface area contributed by atoms with Gasteiger partial charge in [0.1, 0.15) is 18.0 Å². The quantitative estimate of drug-likeness (QED) is 0.877. The molecule has 5 heteroatoms. The van der Waals surface area contributed by atoms with Crippen molar-refractivity contribution in [3.05, 3.63) is 47.8 Å². The van der Waals surface area contributed by atoms with Crippen LogP contribution in [0.3, 0.4) is 0 Å². The Bertz CT molecular complexity index is 495. The first-order chi connectivity index (χ1) is 8.16. The Morgan fingerprint density at radius 2 is 2.29 bits per heavy atom. The van der Waals surface area contributed by atoms with Crippen LogP contribution in [0.4, 0.5) is 4.39 Å². The summed E-state index contributed by atoms with van der Waals surface area (Å²) in [5, 5.41) is 11.1. The van der Waals surface area contributed by atoms with E-state index in [9.17, 15) is 4.39 Å². The molecule has 0 fully saturated rings. The molecule has 0 unspecified atom stereocenters. The standard InChI is InChI=1S/C12H15FN4/c1-9(10-4-3-5-11(13)6-10)14-7-12-16-15-8-17(12)2/h3-6,8-9,14H,7H2,1-2H3/t9-/m1/s1. The molecule has 1 heterocycles. The van der Waals surface area contributed by atoms with Gasteiger partial charge in [0, 0.05) is 13.1 Å². The third kappa shape index (κ3) is 2.88. The lowest BCUT2D eigenvalue weighted by atomic mass is 10.1. The summed E-state index contributed by atoms with van der Waals surface area (Å²) >= 11 is 0. The molecule has 4 nitrogen and oxygen atoms in total. The van der Waals surface area contributed by atoms with Crippen molar-refractivity contribution >= 4 is 0 Å². The topological polar surface area (TPSA) is 42.7 Å². The molecule has 90 valence electrons. The summed E-state index contributed by atoms with van der Waals surface area (Å²) in [7, 11) is 1.89. The van der Waals surface area contributed by atoms with E-state index in [4.69, 9.17) is 0 Å². The van der Waals surface area contributed by atoms with E-state index in [1.54, 1.807) is 12.4 Å². The van der Waals surface area contributed by atoms with E-state index in [0.717, 1.165) is 11.4 Å². The van der Waals surface area contributed by atoms with Crippen LogP contribution in [0.2, 0.25) is 0 Å². The Kier molecular flexibility index (Phi) is 3.49. The smallest absolute Gasteiger partial charge is 0.146 e. The van der Waals surface area contributed by atoms with Crippen molar-refractivity contribution in [1.82, 2.24) is 20.1 Å². The van der Waals surface area contributed by atoms with Crippen molar-refractivity contribution in [3.8, 4) is 0 Å². The minimum absolute atomic E-state index is 0.0717. The second-order valence-electron chi connectivity index (χ2n) is 4.02. The van der Waals surface area contributed by atoms with Crippen LogP contribution in [0.15, 0.2) is 30.6 Å². The summed E-state index contributed by atoms with van der Waals surface area (Å²) in [5.74, 6) is 0.642. The van der Waals surface area contributed by atoms with Crippen molar-refractivity contribution in [3.63, 3.8) is 0 Å². The van der Waals surface area contributed by atoms with Gasteiger partial charge in [-0.3, -0.25) is 0 Å². The van der Waals surface area contributed by atoms with Gasteiger partial charge in [0.05, 0.1) is 6.54 Å². The monoisotopic (exact) mass is 234 g/mol. The number of hydrogen-bond acceptors (Lipinski definition) is 3. The molecule has 1 aromatic heterocycles. The van der Waals surface area contributed by atoms with E-state index >= 15 is 0 Å². The number of rotatable bonds is 4. The average molecular weight is 234 g/mol. The lowest BCUT2D eigenvalue weighted by Gasteiger charge is -2.13. The van der Waals surface area contributed by atoms with Crippen LogP contribution in [0.25, 0.3) is 0 Å². The summed E-state index contributed by atoms with van der Waals surface area (Å²) in [6.07, 6.45) is 1.66. The van der Waals surface area contributed by atoms with Gasteiger partial charge in [-0.1, -0.05) is 12.1 Å². The molecular formula is C12H15FN4. The van der Waals surface area contributed by atoms with Crippen LogP contribution in [-0.4, -0.2) is 14.8 Å². The number of aryl methyl sites for hydroxylation is 1. The number of hydrogen-bond donors (Lipinski definition) is 1. The van der Waals surface area contributed by atoms with Crippen molar-refractivity contribution < 1.29 is 4.39 Å². The molecule has 0 aliphatic rings. The molecule has 0 saturated heterocycles. The Balaban J connectivity index is 1.98. The maximum Gasteiger partial charge on any atom is 0.146 e. The Labute approximate surface area is 99.5 Å². The highest BCUT2D eigenvalue weighted by molar-refractivity contribution is 5.19. The summed E-state index contributed by atoms with van der Waals surface area (Å²) in [4.78, 5) is 0. The van der Waals surface area contributed by atoms with Gasteiger partial charge in [0.2, 0.25) is 0 Å². The highest BCUT2D eigenvalue weighted by atomic mass is 19.1. The van der Waals surface area contributed by atoms with Gasteiger partial charge in [0.15, 0.2) is 0 Å². The highest BCUT2D eigenvalue weighted by Gasteiger charge is 2.07. The molecule has 0 saturated carbocycles. The molecule has 0 bridgehead atoms. The largest absolute Gasteiger partial charge is 0.320 e. The second-order valence-corrected chi connectivity index (χ2v) is 4.02. The number of nitrogens with one attached hydrogen (secondary N) is 1. The molecule has 0 aliphatic heterocycles. The lowest BCUT2D eigenvalue weighted by molar-refractivity contribution is 0.542. The normalized spacial score (nSPS) is 12.6. The molecule has 1 N–H and O–H groups in total. The molecule has 0 aliphatic carbocycles. The van der Waals surface area contributed by atoms with E-state index < -0.39 is 0 Å². The minimum Gasteiger partial charge on any atom is -0.320 e. The first-order valence-electron chi connectivity index (χ1n) is 5.48. The molecule has 17 heavy (non-hydrogen) atoms. The summed E-state index contributed by atoms with van der Waals surface area (Å²) in [6, 6.07) is 6.66. The molecule has 2 aromatic rings. The van der Waals surface area contributed by atoms with Gasteiger partial charge < -0.3 is 9.88 Å². The average Bonchev–Trinajstić information content (AvgIpc) is 2.72. The van der Waals surface area contributed by atoms with E-state index in [1.165, 1.54) is 12.1 Å². The molecule has 0 spiro atoms. The molecule has 0 radical (unpaired) electrons. The number of benzene rings is 1. The Morgan fingerprint density at radius 1 is 1.47 bits per heavy atom. The van der Waals surface area contributed by atoms with Crippen molar-refractivity contribution in [2.75, 3.05) is 0 Å². The fourth-order valence-electron chi connectivity index (χ4n) is 1.61. The SMILES string of the molecule is C[C@@H](NCc1nncn1C)c1cccc(F)c1. The molecule has 1 atom stereocenters. The van der Waals surface area contributed by atoms with Crippen LogP contribution >= 0.6 is 0 Å². The van der Waals surface area contributed by atoms with Gasteiger partial charge in [-0.15, -0.1) is 10.2 Å². The fraction of sp³-hybridized carbons (Fsp3) is 0.333. The molecule has 2 rings (SSSR count). The maximum atomic E-state index is 13.1. The van der Waals surface area contributed by atoms with Crippen LogP contribution in [0.5, 0.6) is 0 Å². The van der Waals surface area contributed by atoms with Gasteiger partial charge in [-0.05, 0) is 24.6 Å². The number of aromatic nitrogens is 3. The summed E-state index contributed by atoms with van der Waals surface area (Å²) < 4.78 is 14.9. The van der Waals surface area contributed by atoms with E-state index in [1.807, 2.05) is 24.6 Å². The third-order valence-corrected chi connectivity index (χ3v) is 2.72. The van der Waals surface area contributed by atoms with Gasteiger partial charge in [0.25, 0.3) is 0 Å². The zero-order valence-corrected chi connectivity index (χ0v) is 9.89. The van der Waals surface area contributed by atoms with E-state index in [0.29, 0.717) is 6.54 Å². The Hall–Kier alpha value is -1.75. The fourth-order valence-corrected chi connectivity index (χ4v) is 1.61. The second kappa shape index (κ2) is 5.05. The highest BCUT2D eigenvalue weighted by Crippen LogP contribution is 2.13. The predicted molar refractivity (Wildman–Crippen MR) is 62.7 cm³/mol. The minimum atomic E-state index is -0.213. The molecule has 1 aromatic carbocycles. The lowest BCUT2D eigenvalue weighted by Crippen LogP contribution is -2.20. The van der Waals surface area contributed by atoms with E-state index in [2.05, 4.69) is 15.5 Å². The third-order valence-electron chi connectivity index (χ3n) is 2.72. The number of halogens is 1. The van der Waals surface area contributed by atoms with E-state index in [-0.39, 0.29) is 11.9 Å². The first kappa shape index (κ1) is 11.7. The zero-order valence-electron chi connectivity index (χ0n) is 9.89. The molecular weight excluding hydrogens is 219 g/mol. The number of nitrogens with zero attached hydrogens (tertiary/aromatic N) is 3. The van der Waals surface area contributed by atoms with Crippen molar-refractivity contribution in [2.24, 2.45) is 7.05 Å². The maximum absolute atomic E-state index is 13.1. The van der Waals surface area contributed by atoms with Gasteiger partial charge >= 0.3 is 0 Å². The Morgan fingerprint density at radius 3 is 2.94 bits per heavy atom. The first-order valence-corrected chi connectivity index (χ1v) is 5.48. The zero-order chi connectivity index (χ0) is 12.3. The summed E-state index contributed by atoms with van der Waals surface area (Å²) in [6.45, 7) is 2.60.